The first kappa shape index (κ1) is 12.6. The fourth-order valence-corrected chi connectivity index (χ4v) is 2.63. The van der Waals surface area contributed by atoms with E-state index >= 15 is 0 Å². The Bertz CT molecular complexity index is 720. The van der Waals surface area contributed by atoms with Gasteiger partial charge in [0, 0.05) is 12.5 Å². The van der Waals surface area contributed by atoms with Crippen LogP contribution in [0.15, 0.2) is 18.2 Å². The number of cyclic esters (lactones) is 1. The SMILES string of the molecule is COc1cc(O)c2c(O)c3c(cc2c1)CC(C)OC3=O. The molecule has 5 heteroatoms. The van der Waals surface area contributed by atoms with E-state index in [1.807, 2.05) is 0 Å². The van der Waals surface area contributed by atoms with E-state index in [1.54, 1.807) is 19.1 Å². The van der Waals surface area contributed by atoms with Crippen LogP contribution in [-0.2, 0) is 11.2 Å². The van der Waals surface area contributed by atoms with Crippen molar-refractivity contribution in [3.63, 3.8) is 0 Å². The van der Waals surface area contributed by atoms with Gasteiger partial charge in [-0.15, -0.1) is 0 Å². The average Bonchev–Trinajstić information content (AvgIpc) is 2.36. The number of fused-ring (bicyclic) bond motifs is 2. The van der Waals surface area contributed by atoms with E-state index < -0.39 is 5.97 Å². The van der Waals surface area contributed by atoms with Crippen molar-refractivity contribution in [3.8, 4) is 17.2 Å². The molecule has 2 aromatic carbocycles. The number of esters is 1. The van der Waals surface area contributed by atoms with Gasteiger partial charge in [-0.2, -0.15) is 0 Å². The van der Waals surface area contributed by atoms with Crippen LogP contribution in [0, 0.1) is 0 Å². The lowest BCUT2D eigenvalue weighted by Crippen LogP contribution is -2.25. The zero-order chi connectivity index (χ0) is 14.4. The third-order valence-corrected chi connectivity index (χ3v) is 3.50. The van der Waals surface area contributed by atoms with Gasteiger partial charge in [-0.3, -0.25) is 0 Å². The van der Waals surface area contributed by atoms with Gasteiger partial charge in [0.25, 0.3) is 0 Å². The topological polar surface area (TPSA) is 76.0 Å². The normalized spacial score (nSPS) is 17.7. The Morgan fingerprint density at radius 2 is 2.05 bits per heavy atom. The van der Waals surface area contributed by atoms with Crippen LogP contribution in [0.3, 0.4) is 0 Å². The van der Waals surface area contributed by atoms with Gasteiger partial charge in [0.2, 0.25) is 0 Å². The van der Waals surface area contributed by atoms with Crippen molar-refractivity contribution in [2.45, 2.75) is 19.4 Å². The molecule has 1 aliphatic rings. The molecule has 0 amide bonds. The summed E-state index contributed by atoms with van der Waals surface area (Å²) >= 11 is 0. The van der Waals surface area contributed by atoms with Crippen molar-refractivity contribution < 1.29 is 24.5 Å². The average molecular weight is 274 g/mol. The standard InChI is InChI=1S/C15H14O5/c1-7-3-8-4-9-5-10(19-2)6-11(16)12(9)14(17)13(8)15(18)20-7/h4-7,16-17H,3H2,1-2H3. The fraction of sp³-hybridized carbons (Fsp3) is 0.267. The molecule has 2 aromatic rings. The van der Waals surface area contributed by atoms with Crippen LogP contribution in [0.4, 0.5) is 0 Å². The number of hydrogen-bond donors (Lipinski definition) is 2. The number of phenols is 2. The molecule has 2 N–H and O–H groups in total. The van der Waals surface area contributed by atoms with Gasteiger partial charge in [-0.1, -0.05) is 0 Å². The highest BCUT2D eigenvalue weighted by Crippen LogP contribution is 2.41. The lowest BCUT2D eigenvalue weighted by Gasteiger charge is -2.23. The molecule has 0 saturated heterocycles. The summed E-state index contributed by atoms with van der Waals surface area (Å²) in [6, 6.07) is 4.88. The van der Waals surface area contributed by atoms with Gasteiger partial charge in [-0.25, -0.2) is 4.79 Å². The molecule has 0 aromatic heterocycles. The van der Waals surface area contributed by atoms with E-state index in [2.05, 4.69) is 0 Å². The first-order valence-corrected chi connectivity index (χ1v) is 6.27. The highest BCUT2D eigenvalue weighted by atomic mass is 16.5. The molecule has 0 bridgehead atoms. The second-order valence-electron chi connectivity index (χ2n) is 4.92. The van der Waals surface area contributed by atoms with Crippen LogP contribution in [-0.4, -0.2) is 29.4 Å². The molecule has 0 spiro atoms. The fourth-order valence-electron chi connectivity index (χ4n) is 2.63. The molecular formula is C15H14O5. The number of benzene rings is 2. The number of phenolic OH excluding ortho intramolecular Hbond substituents is 2. The maximum atomic E-state index is 11.9. The zero-order valence-electron chi connectivity index (χ0n) is 11.1. The number of carbonyl (C=O) groups excluding carboxylic acids is 1. The quantitative estimate of drug-likeness (QED) is 0.781. The smallest absolute Gasteiger partial charge is 0.342 e. The highest BCUT2D eigenvalue weighted by Gasteiger charge is 2.29. The van der Waals surface area contributed by atoms with Gasteiger partial charge >= 0.3 is 5.97 Å². The van der Waals surface area contributed by atoms with Crippen molar-refractivity contribution in [2.24, 2.45) is 0 Å². The Labute approximate surface area is 115 Å². The molecule has 3 rings (SSSR count). The summed E-state index contributed by atoms with van der Waals surface area (Å²) in [4.78, 5) is 11.9. The summed E-state index contributed by atoms with van der Waals surface area (Å²) in [5, 5.41) is 21.2. The van der Waals surface area contributed by atoms with Crippen molar-refractivity contribution in [1.29, 1.82) is 0 Å². The lowest BCUT2D eigenvalue weighted by atomic mass is 9.93. The second kappa shape index (κ2) is 4.30. The minimum Gasteiger partial charge on any atom is -0.507 e. The summed E-state index contributed by atoms with van der Waals surface area (Å²) in [5.74, 6) is -0.449. The molecule has 0 aliphatic carbocycles. The third-order valence-electron chi connectivity index (χ3n) is 3.50. The molecule has 20 heavy (non-hydrogen) atoms. The van der Waals surface area contributed by atoms with Crippen LogP contribution < -0.4 is 4.74 Å². The van der Waals surface area contributed by atoms with Crippen LogP contribution in [0.2, 0.25) is 0 Å². The molecule has 1 aliphatic heterocycles. The number of methoxy groups -OCH3 is 1. The number of ether oxygens (including phenoxy) is 2. The predicted molar refractivity (Wildman–Crippen MR) is 72.4 cm³/mol. The van der Waals surface area contributed by atoms with Crippen molar-refractivity contribution in [2.75, 3.05) is 7.11 Å². The highest BCUT2D eigenvalue weighted by molar-refractivity contribution is 6.05. The van der Waals surface area contributed by atoms with Crippen molar-refractivity contribution in [3.05, 3.63) is 29.3 Å². The first-order valence-electron chi connectivity index (χ1n) is 6.27. The summed E-state index contributed by atoms with van der Waals surface area (Å²) in [5.41, 5.74) is 0.850. The predicted octanol–water partition coefficient (Wildman–Crippen LogP) is 2.36. The van der Waals surface area contributed by atoms with E-state index in [-0.39, 0.29) is 28.6 Å². The Hall–Kier alpha value is -2.43. The molecule has 0 radical (unpaired) electrons. The number of rotatable bonds is 1. The molecule has 0 saturated carbocycles. The third kappa shape index (κ3) is 1.74. The van der Waals surface area contributed by atoms with Gasteiger partial charge < -0.3 is 19.7 Å². The minimum atomic E-state index is -0.562. The van der Waals surface area contributed by atoms with E-state index in [9.17, 15) is 15.0 Å². The zero-order valence-corrected chi connectivity index (χ0v) is 11.1. The summed E-state index contributed by atoms with van der Waals surface area (Å²) < 4.78 is 10.2. The van der Waals surface area contributed by atoms with E-state index in [0.717, 1.165) is 0 Å². The van der Waals surface area contributed by atoms with E-state index in [4.69, 9.17) is 9.47 Å². The molecule has 1 heterocycles. The Morgan fingerprint density at radius 3 is 2.75 bits per heavy atom. The van der Waals surface area contributed by atoms with Gasteiger partial charge in [0.1, 0.15) is 28.9 Å². The minimum absolute atomic E-state index is 0.133. The van der Waals surface area contributed by atoms with Crippen molar-refractivity contribution >= 4 is 16.7 Å². The molecule has 5 nitrogen and oxygen atoms in total. The van der Waals surface area contributed by atoms with Crippen LogP contribution in [0.25, 0.3) is 10.8 Å². The van der Waals surface area contributed by atoms with Crippen molar-refractivity contribution in [1.82, 2.24) is 0 Å². The largest absolute Gasteiger partial charge is 0.507 e. The Morgan fingerprint density at radius 1 is 1.30 bits per heavy atom. The summed E-state index contributed by atoms with van der Waals surface area (Å²) in [6.45, 7) is 1.80. The van der Waals surface area contributed by atoms with Crippen LogP contribution in [0.1, 0.15) is 22.8 Å². The maximum absolute atomic E-state index is 11.9. The monoisotopic (exact) mass is 274 g/mol. The van der Waals surface area contributed by atoms with Crippen LogP contribution >= 0.6 is 0 Å². The molecule has 0 fully saturated rings. The number of hydrogen-bond acceptors (Lipinski definition) is 5. The van der Waals surface area contributed by atoms with E-state index in [1.165, 1.54) is 13.2 Å². The van der Waals surface area contributed by atoms with Gasteiger partial charge in [-0.05, 0) is 30.0 Å². The molecule has 104 valence electrons. The molecular weight excluding hydrogens is 260 g/mol. The van der Waals surface area contributed by atoms with Gasteiger partial charge in [0.05, 0.1) is 12.5 Å². The maximum Gasteiger partial charge on any atom is 0.342 e. The molecule has 1 atom stereocenters. The Kier molecular flexibility index (Phi) is 2.71. The summed E-state index contributed by atoms with van der Waals surface area (Å²) in [7, 11) is 1.50. The second-order valence-corrected chi connectivity index (χ2v) is 4.92. The first-order chi connectivity index (χ1) is 9.51. The van der Waals surface area contributed by atoms with Crippen LogP contribution in [0.5, 0.6) is 17.2 Å². The van der Waals surface area contributed by atoms with E-state index in [0.29, 0.717) is 23.1 Å². The Balaban J connectivity index is 2.36. The van der Waals surface area contributed by atoms with Gasteiger partial charge in [0.15, 0.2) is 0 Å². The lowest BCUT2D eigenvalue weighted by molar-refractivity contribution is 0.0298. The number of carbonyl (C=O) groups is 1. The molecule has 1 unspecified atom stereocenters. The summed E-state index contributed by atoms with van der Waals surface area (Å²) in [6.07, 6.45) is 0.300. The number of aromatic hydroxyl groups is 2.